The minimum atomic E-state index is -0.374. The fourth-order valence-corrected chi connectivity index (χ4v) is 3.56. The number of halogens is 1. The summed E-state index contributed by atoms with van der Waals surface area (Å²) in [5.41, 5.74) is 2.78. The summed E-state index contributed by atoms with van der Waals surface area (Å²) in [6.07, 6.45) is 0.204. The lowest BCUT2D eigenvalue weighted by molar-refractivity contribution is -0.126. The number of ether oxygens (including phenoxy) is 1. The van der Waals surface area contributed by atoms with E-state index < -0.39 is 0 Å². The van der Waals surface area contributed by atoms with E-state index in [2.05, 4.69) is 21.2 Å². The summed E-state index contributed by atoms with van der Waals surface area (Å²) in [6.45, 7) is 4.27. The third-order valence-corrected chi connectivity index (χ3v) is 5.38. The third kappa shape index (κ3) is 4.33. The number of hydrogen-bond donors (Lipinski definition) is 1. The van der Waals surface area contributed by atoms with E-state index in [-0.39, 0.29) is 30.2 Å². The zero-order valence-corrected chi connectivity index (χ0v) is 17.2. The molecule has 0 aliphatic carbocycles. The van der Waals surface area contributed by atoms with E-state index >= 15 is 0 Å². The molecule has 1 heterocycles. The highest BCUT2D eigenvalue weighted by Gasteiger charge is 2.36. The van der Waals surface area contributed by atoms with Crippen LogP contribution in [0.4, 0.5) is 5.69 Å². The molecule has 27 heavy (non-hydrogen) atoms. The zero-order valence-electron chi connectivity index (χ0n) is 15.7. The maximum Gasteiger partial charge on any atom is 0.227 e. The predicted molar refractivity (Wildman–Crippen MR) is 109 cm³/mol. The average molecular weight is 431 g/mol. The van der Waals surface area contributed by atoms with Crippen molar-refractivity contribution in [2.75, 3.05) is 18.6 Å². The van der Waals surface area contributed by atoms with E-state index in [1.165, 1.54) is 0 Å². The number of rotatable bonds is 5. The van der Waals surface area contributed by atoms with Gasteiger partial charge in [-0.05, 0) is 49.2 Å². The molecule has 0 bridgehead atoms. The van der Waals surface area contributed by atoms with Crippen molar-refractivity contribution in [3.8, 4) is 5.75 Å². The second kappa shape index (κ2) is 8.13. The normalized spacial score (nSPS) is 17.7. The van der Waals surface area contributed by atoms with Gasteiger partial charge in [-0.1, -0.05) is 34.1 Å². The molecule has 1 N–H and O–H groups in total. The summed E-state index contributed by atoms with van der Waals surface area (Å²) in [4.78, 5) is 26.9. The van der Waals surface area contributed by atoms with Gasteiger partial charge in [-0.25, -0.2) is 0 Å². The summed E-state index contributed by atoms with van der Waals surface area (Å²) in [7, 11) is 1.58. The minimum absolute atomic E-state index is 0.0599. The summed E-state index contributed by atoms with van der Waals surface area (Å²) >= 11 is 3.41. The van der Waals surface area contributed by atoms with Crippen LogP contribution in [0.15, 0.2) is 46.9 Å². The quantitative estimate of drug-likeness (QED) is 0.779. The highest BCUT2D eigenvalue weighted by Crippen LogP contribution is 2.34. The molecule has 2 amide bonds. The van der Waals surface area contributed by atoms with Crippen LogP contribution < -0.4 is 15.0 Å². The van der Waals surface area contributed by atoms with Gasteiger partial charge in [0.05, 0.1) is 24.8 Å². The van der Waals surface area contributed by atoms with Crippen molar-refractivity contribution in [1.82, 2.24) is 5.32 Å². The predicted octanol–water partition coefficient (Wildman–Crippen LogP) is 4.00. The van der Waals surface area contributed by atoms with Gasteiger partial charge in [0.2, 0.25) is 11.8 Å². The third-order valence-electron chi connectivity index (χ3n) is 4.85. The first kappa shape index (κ1) is 19.4. The minimum Gasteiger partial charge on any atom is -0.495 e. The first-order valence-corrected chi connectivity index (χ1v) is 9.69. The molecule has 1 saturated heterocycles. The van der Waals surface area contributed by atoms with Gasteiger partial charge in [-0.15, -0.1) is 0 Å². The number of nitrogens with zero attached hydrogens (tertiary/aromatic N) is 1. The maximum absolute atomic E-state index is 12.7. The second-order valence-corrected chi connectivity index (χ2v) is 7.78. The first-order chi connectivity index (χ1) is 12.9. The lowest BCUT2D eigenvalue weighted by atomic mass is 10.1. The van der Waals surface area contributed by atoms with Crippen LogP contribution in [0.25, 0.3) is 0 Å². The zero-order chi connectivity index (χ0) is 19.6. The number of amides is 2. The summed E-state index contributed by atoms with van der Waals surface area (Å²) < 4.78 is 6.38. The van der Waals surface area contributed by atoms with Crippen LogP contribution in [0, 0.1) is 12.8 Å². The van der Waals surface area contributed by atoms with Gasteiger partial charge in [0, 0.05) is 17.4 Å². The SMILES string of the molecule is COc1ccc(C)cc1N1CC(C(=O)NC(C)c2ccc(Br)cc2)CC1=O. The van der Waals surface area contributed by atoms with Gasteiger partial charge in [0.15, 0.2) is 0 Å². The largest absolute Gasteiger partial charge is 0.495 e. The molecular formula is C21H23BrN2O3. The standard InChI is InChI=1S/C21H23BrN2O3/c1-13-4-9-19(27-3)18(10-13)24-12-16(11-20(24)25)21(26)23-14(2)15-5-7-17(22)8-6-15/h4-10,14,16H,11-12H2,1-3H3,(H,23,26). The van der Waals surface area contributed by atoms with Crippen molar-refractivity contribution in [2.45, 2.75) is 26.3 Å². The molecule has 0 aromatic heterocycles. The fraction of sp³-hybridized carbons (Fsp3) is 0.333. The second-order valence-electron chi connectivity index (χ2n) is 6.86. The Balaban J connectivity index is 1.70. The van der Waals surface area contributed by atoms with E-state index in [0.29, 0.717) is 12.3 Å². The van der Waals surface area contributed by atoms with Crippen molar-refractivity contribution in [2.24, 2.45) is 5.92 Å². The van der Waals surface area contributed by atoms with Gasteiger partial charge in [0.1, 0.15) is 5.75 Å². The number of nitrogens with one attached hydrogen (secondary N) is 1. The Hall–Kier alpha value is -2.34. The Bertz CT molecular complexity index is 851. The molecule has 1 aliphatic rings. The lowest BCUT2D eigenvalue weighted by Crippen LogP contribution is -2.34. The van der Waals surface area contributed by atoms with E-state index in [1.54, 1.807) is 12.0 Å². The topological polar surface area (TPSA) is 58.6 Å². The molecule has 2 aromatic rings. The molecule has 2 aromatic carbocycles. The molecule has 2 unspecified atom stereocenters. The summed E-state index contributed by atoms with van der Waals surface area (Å²) in [5.74, 6) is 0.0992. The average Bonchev–Trinajstić information content (AvgIpc) is 3.04. The fourth-order valence-electron chi connectivity index (χ4n) is 3.29. The van der Waals surface area contributed by atoms with E-state index in [0.717, 1.165) is 21.3 Å². The highest BCUT2D eigenvalue weighted by atomic mass is 79.9. The number of aryl methyl sites for hydroxylation is 1. The van der Waals surface area contributed by atoms with Crippen LogP contribution >= 0.6 is 15.9 Å². The Labute approximate surface area is 167 Å². The molecule has 0 saturated carbocycles. The molecule has 1 fully saturated rings. The monoisotopic (exact) mass is 430 g/mol. The van der Waals surface area contributed by atoms with Crippen molar-refractivity contribution < 1.29 is 14.3 Å². The van der Waals surface area contributed by atoms with Crippen molar-refractivity contribution in [3.63, 3.8) is 0 Å². The number of carbonyl (C=O) groups excluding carboxylic acids is 2. The van der Waals surface area contributed by atoms with E-state index in [4.69, 9.17) is 4.74 Å². The Kier molecular flexibility index (Phi) is 5.85. The van der Waals surface area contributed by atoms with Crippen LogP contribution in [-0.2, 0) is 9.59 Å². The number of carbonyl (C=O) groups is 2. The van der Waals surface area contributed by atoms with Gasteiger partial charge < -0.3 is 15.0 Å². The summed E-state index contributed by atoms with van der Waals surface area (Å²) in [6, 6.07) is 13.4. The molecule has 2 atom stereocenters. The maximum atomic E-state index is 12.7. The van der Waals surface area contributed by atoms with Crippen molar-refractivity contribution in [3.05, 3.63) is 58.1 Å². The van der Waals surface area contributed by atoms with Crippen LogP contribution in [0.2, 0.25) is 0 Å². The van der Waals surface area contributed by atoms with E-state index in [9.17, 15) is 9.59 Å². The van der Waals surface area contributed by atoms with Gasteiger partial charge in [-0.3, -0.25) is 9.59 Å². The molecule has 1 aliphatic heterocycles. The van der Waals surface area contributed by atoms with Crippen LogP contribution in [0.1, 0.15) is 30.5 Å². The Morgan fingerprint density at radius 1 is 1.26 bits per heavy atom. The molecule has 3 rings (SSSR count). The van der Waals surface area contributed by atoms with E-state index in [1.807, 2.05) is 56.3 Å². The number of hydrogen-bond acceptors (Lipinski definition) is 3. The highest BCUT2D eigenvalue weighted by molar-refractivity contribution is 9.10. The van der Waals surface area contributed by atoms with Crippen molar-refractivity contribution in [1.29, 1.82) is 0 Å². The Morgan fingerprint density at radius 3 is 2.63 bits per heavy atom. The molecule has 0 radical (unpaired) electrons. The molecular weight excluding hydrogens is 408 g/mol. The summed E-state index contributed by atoms with van der Waals surface area (Å²) in [5, 5.41) is 3.03. The van der Waals surface area contributed by atoms with Crippen LogP contribution in [0.3, 0.4) is 0 Å². The number of benzene rings is 2. The van der Waals surface area contributed by atoms with Gasteiger partial charge >= 0.3 is 0 Å². The van der Waals surface area contributed by atoms with Crippen molar-refractivity contribution >= 4 is 33.4 Å². The number of anilines is 1. The number of methoxy groups -OCH3 is 1. The Morgan fingerprint density at radius 2 is 1.96 bits per heavy atom. The lowest BCUT2D eigenvalue weighted by Gasteiger charge is -2.21. The van der Waals surface area contributed by atoms with Crippen LogP contribution in [-0.4, -0.2) is 25.5 Å². The molecule has 6 heteroatoms. The van der Waals surface area contributed by atoms with Crippen LogP contribution in [0.5, 0.6) is 5.75 Å². The smallest absolute Gasteiger partial charge is 0.227 e. The molecule has 142 valence electrons. The first-order valence-electron chi connectivity index (χ1n) is 8.90. The molecule has 5 nitrogen and oxygen atoms in total. The van der Waals surface area contributed by atoms with Gasteiger partial charge in [-0.2, -0.15) is 0 Å². The molecule has 0 spiro atoms. The van der Waals surface area contributed by atoms with Gasteiger partial charge in [0.25, 0.3) is 0 Å².